The van der Waals surface area contributed by atoms with Gasteiger partial charge >= 0.3 is 0 Å². The van der Waals surface area contributed by atoms with Crippen LogP contribution in [0.5, 0.6) is 5.75 Å². The van der Waals surface area contributed by atoms with E-state index in [1.54, 1.807) is 0 Å². The molecule has 0 amide bonds. The number of benzene rings is 1. The minimum atomic E-state index is -0.620. The molecule has 1 aromatic carbocycles. The highest BCUT2D eigenvalue weighted by molar-refractivity contribution is 5.23. The van der Waals surface area contributed by atoms with Crippen LogP contribution >= 0.6 is 0 Å². The van der Waals surface area contributed by atoms with Crippen molar-refractivity contribution >= 4 is 0 Å². The molecule has 19 heavy (non-hydrogen) atoms. The molecule has 1 rings (SSSR count). The summed E-state index contributed by atoms with van der Waals surface area (Å²) in [6.07, 6.45) is 0. The predicted octanol–water partition coefficient (Wildman–Crippen LogP) is 3.62. The van der Waals surface area contributed by atoms with Gasteiger partial charge < -0.3 is 10.1 Å². The van der Waals surface area contributed by atoms with Gasteiger partial charge in [0.2, 0.25) is 0 Å². The van der Waals surface area contributed by atoms with E-state index in [1.165, 1.54) is 12.1 Å². The average molecular weight is 271 g/mol. The smallest absolute Gasteiger partial charge is 0.129 e. The van der Waals surface area contributed by atoms with Crippen molar-refractivity contribution in [1.29, 1.82) is 0 Å². The molecule has 1 aromatic rings. The Balaban J connectivity index is 2.45. The van der Waals surface area contributed by atoms with E-state index in [0.717, 1.165) is 19.2 Å². The van der Waals surface area contributed by atoms with Crippen LogP contribution in [-0.4, -0.2) is 19.7 Å². The highest BCUT2D eigenvalue weighted by atomic mass is 19.1. The second-order valence-electron chi connectivity index (χ2n) is 6.08. The molecule has 0 atom stereocenters. The van der Waals surface area contributed by atoms with E-state index in [-0.39, 0.29) is 11.2 Å². The maximum atomic E-state index is 13.0. The summed E-state index contributed by atoms with van der Waals surface area (Å²) in [4.78, 5) is 0. The van der Waals surface area contributed by atoms with E-state index in [2.05, 4.69) is 33.0 Å². The standard InChI is InChI=1S/C15H23F2NO/c1-11(2)8-18-9-15(3,4)10-19-14-6-12(16)5-13(17)7-14/h5-7,11,18H,8-10H2,1-4H3. The summed E-state index contributed by atoms with van der Waals surface area (Å²) in [6, 6.07) is 3.23. The van der Waals surface area contributed by atoms with E-state index in [4.69, 9.17) is 4.74 Å². The molecule has 1 N–H and O–H groups in total. The first-order valence-electron chi connectivity index (χ1n) is 6.58. The van der Waals surface area contributed by atoms with Crippen LogP contribution in [0, 0.1) is 23.0 Å². The molecule has 0 saturated heterocycles. The van der Waals surface area contributed by atoms with Crippen molar-refractivity contribution in [3.63, 3.8) is 0 Å². The minimum absolute atomic E-state index is 0.0995. The van der Waals surface area contributed by atoms with Gasteiger partial charge in [0.1, 0.15) is 17.4 Å². The van der Waals surface area contributed by atoms with E-state index in [9.17, 15) is 8.78 Å². The molecule has 0 spiro atoms. The van der Waals surface area contributed by atoms with Crippen molar-refractivity contribution in [1.82, 2.24) is 5.32 Å². The van der Waals surface area contributed by atoms with Crippen LogP contribution in [-0.2, 0) is 0 Å². The molecule has 0 bridgehead atoms. The Labute approximate surface area is 114 Å². The lowest BCUT2D eigenvalue weighted by atomic mass is 9.94. The number of hydrogen-bond donors (Lipinski definition) is 1. The van der Waals surface area contributed by atoms with Crippen molar-refractivity contribution in [3.05, 3.63) is 29.8 Å². The molecule has 108 valence electrons. The molecule has 4 heteroatoms. The summed E-state index contributed by atoms with van der Waals surface area (Å²) >= 11 is 0. The molecule has 0 aliphatic carbocycles. The fraction of sp³-hybridized carbons (Fsp3) is 0.600. The van der Waals surface area contributed by atoms with Crippen molar-refractivity contribution in [3.8, 4) is 5.75 Å². The zero-order valence-electron chi connectivity index (χ0n) is 12.1. The third-order valence-electron chi connectivity index (χ3n) is 2.62. The Morgan fingerprint density at radius 1 is 1.16 bits per heavy atom. The van der Waals surface area contributed by atoms with Gasteiger partial charge in [0.15, 0.2) is 0 Å². The fourth-order valence-corrected chi connectivity index (χ4v) is 1.64. The Hall–Kier alpha value is -1.16. The fourth-order valence-electron chi connectivity index (χ4n) is 1.64. The summed E-state index contributed by atoms with van der Waals surface area (Å²) in [5.74, 6) is -0.417. The first-order chi connectivity index (χ1) is 8.78. The Morgan fingerprint density at radius 2 is 1.74 bits per heavy atom. The SMILES string of the molecule is CC(C)CNCC(C)(C)COc1cc(F)cc(F)c1. The van der Waals surface area contributed by atoms with Crippen molar-refractivity contribution in [2.24, 2.45) is 11.3 Å². The van der Waals surface area contributed by atoms with Crippen LogP contribution in [0.15, 0.2) is 18.2 Å². The van der Waals surface area contributed by atoms with E-state index in [0.29, 0.717) is 12.5 Å². The second-order valence-corrected chi connectivity index (χ2v) is 6.08. The summed E-state index contributed by atoms with van der Waals surface area (Å²) < 4.78 is 31.5. The molecular weight excluding hydrogens is 248 g/mol. The number of nitrogens with one attached hydrogen (secondary N) is 1. The van der Waals surface area contributed by atoms with Crippen molar-refractivity contribution in [2.45, 2.75) is 27.7 Å². The molecule has 0 heterocycles. The van der Waals surface area contributed by atoms with Crippen LogP contribution in [0.2, 0.25) is 0 Å². The van der Waals surface area contributed by atoms with E-state index >= 15 is 0 Å². The lowest BCUT2D eigenvalue weighted by Gasteiger charge is -2.25. The van der Waals surface area contributed by atoms with E-state index < -0.39 is 11.6 Å². The summed E-state index contributed by atoms with van der Waals surface area (Å²) in [5, 5.41) is 3.36. The normalized spacial score (nSPS) is 11.9. The zero-order valence-corrected chi connectivity index (χ0v) is 12.1. The van der Waals surface area contributed by atoms with Gasteiger partial charge in [-0.05, 0) is 12.5 Å². The number of ether oxygens (including phenoxy) is 1. The molecule has 0 fully saturated rings. The topological polar surface area (TPSA) is 21.3 Å². The van der Waals surface area contributed by atoms with Crippen LogP contribution in [0.3, 0.4) is 0 Å². The highest BCUT2D eigenvalue weighted by Gasteiger charge is 2.19. The lowest BCUT2D eigenvalue weighted by Crippen LogP contribution is -2.35. The van der Waals surface area contributed by atoms with Crippen LogP contribution in [0.1, 0.15) is 27.7 Å². The van der Waals surface area contributed by atoms with Gasteiger partial charge in [-0.1, -0.05) is 27.7 Å². The van der Waals surface area contributed by atoms with Gasteiger partial charge in [0.05, 0.1) is 6.61 Å². The molecule has 0 saturated carbocycles. The number of rotatable bonds is 7. The average Bonchev–Trinajstić information content (AvgIpc) is 2.24. The minimum Gasteiger partial charge on any atom is -0.493 e. The van der Waals surface area contributed by atoms with Gasteiger partial charge in [0.25, 0.3) is 0 Å². The van der Waals surface area contributed by atoms with Gasteiger partial charge in [-0.15, -0.1) is 0 Å². The Bertz CT molecular complexity index is 385. The monoisotopic (exact) mass is 271 g/mol. The predicted molar refractivity (Wildman–Crippen MR) is 73.3 cm³/mol. The van der Waals surface area contributed by atoms with Gasteiger partial charge in [-0.25, -0.2) is 8.78 Å². The summed E-state index contributed by atoms with van der Waals surface area (Å²) in [7, 11) is 0. The Morgan fingerprint density at radius 3 is 2.26 bits per heavy atom. The number of halogens is 2. The third kappa shape index (κ3) is 6.53. The molecule has 0 unspecified atom stereocenters. The Kier molecular flexibility index (Phi) is 5.73. The van der Waals surface area contributed by atoms with Crippen LogP contribution in [0.25, 0.3) is 0 Å². The highest BCUT2D eigenvalue weighted by Crippen LogP contribution is 2.20. The van der Waals surface area contributed by atoms with Gasteiger partial charge in [-0.2, -0.15) is 0 Å². The number of hydrogen-bond acceptors (Lipinski definition) is 2. The molecule has 2 nitrogen and oxygen atoms in total. The first-order valence-corrected chi connectivity index (χ1v) is 6.58. The quantitative estimate of drug-likeness (QED) is 0.818. The third-order valence-corrected chi connectivity index (χ3v) is 2.62. The van der Waals surface area contributed by atoms with Gasteiger partial charge in [0, 0.05) is 30.2 Å². The van der Waals surface area contributed by atoms with Crippen molar-refractivity contribution < 1.29 is 13.5 Å². The second kappa shape index (κ2) is 6.85. The van der Waals surface area contributed by atoms with Crippen molar-refractivity contribution in [2.75, 3.05) is 19.7 Å². The van der Waals surface area contributed by atoms with Gasteiger partial charge in [-0.3, -0.25) is 0 Å². The summed E-state index contributed by atoms with van der Waals surface area (Å²) in [6.45, 7) is 10.5. The molecule has 0 aliphatic rings. The molecule has 0 radical (unpaired) electrons. The lowest BCUT2D eigenvalue weighted by molar-refractivity contribution is 0.174. The maximum Gasteiger partial charge on any atom is 0.129 e. The molecule has 0 aliphatic heterocycles. The first kappa shape index (κ1) is 15.9. The zero-order chi connectivity index (χ0) is 14.5. The van der Waals surface area contributed by atoms with Crippen LogP contribution < -0.4 is 10.1 Å². The van der Waals surface area contributed by atoms with Crippen LogP contribution in [0.4, 0.5) is 8.78 Å². The molecule has 0 aromatic heterocycles. The summed E-state index contributed by atoms with van der Waals surface area (Å²) in [5.41, 5.74) is -0.0995. The molecular formula is C15H23F2NO. The maximum absolute atomic E-state index is 13.0. The largest absolute Gasteiger partial charge is 0.493 e. The van der Waals surface area contributed by atoms with E-state index in [1.807, 2.05) is 0 Å².